The Morgan fingerprint density at radius 1 is 1.07 bits per heavy atom. The number of nitrogens with zero attached hydrogens (tertiary/aromatic N) is 1. The summed E-state index contributed by atoms with van der Waals surface area (Å²) in [5.74, 6) is -1.52. The van der Waals surface area contributed by atoms with E-state index in [2.05, 4.69) is 20.8 Å². The van der Waals surface area contributed by atoms with Crippen molar-refractivity contribution in [1.82, 2.24) is 20.8 Å². The number of esters is 1. The van der Waals surface area contributed by atoms with E-state index in [0.717, 1.165) is 0 Å². The number of H-pyrrole nitrogens is 1. The molecule has 0 aliphatic rings. The summed E-state index contributed by atoms with van der Waals surface area (Å²) in [6.45, 7) is 2.08. The van der Waals surface area contributed by atoms with Crippen LogP contribution >= 0.6 is 0 Å². The molecule has 0 aliphatic heterocycles. The average molecular weight is 366 g/mol. The van der Waals surface area contributed by atoms with Crippen LogP contribution in [0, 0.1) is 0 Å². The Labute approximate surface area is 154 Å². The van der Waals surface area contributed by atoms with Gasteiger partial charge in [-0.15, -0.1) is 0 Å². The van der Waals surface area contributed by atoms with E-state index in [1.54, 1.807) is 55.5 Å². The van der Waals surface area contributed by atoms with Gasteiger partial charge in [-0.05, 0) is 13.0 Å². The van der Waals surface area contributed by atoms with E-state index in [4.69, 9.17) is 4.74 Å². The van der Waals surface area contributed by atoms with Gasteiger partial charge in [-0.3, -0.25) is 15.2 Å². The number of imide groups is 1. The second-order valence-corrected chi connectivity index (χ2v) is 5.66. The van der Waals surface area contributed by atoms with Gasteiger partial charge >= 0.3 is 12.0 Å². The number of hydrogen-bond donors (Lipinski definition) is 3. The molecule has 0 aliphatic carbocycles. The lowest BCUT2D eigenvalue weighted by Crippen LogP contribution is -2.42. The number of urea groups is 1. The number of ether oxygens (including phenoxy) is 1. The van der Waals surface area contributed by atoms with Crippen LogP contribution < -0.4 is 10.6 Å². The van der Waals surface area contributed by atoms with Crippen molar-refractivity contribution in [2.75, 3.05) is 6.54 Å². The molecule has 1 aromatic heterocycles. The van der Waals surface area contributed by atoms with Crippen LogP contribution in [0.1, 0.15) is 29.1 Å². The van der Waals surface area contributed by atoms with Crippen LogP contribution in [0.3, 0.4) is 0 Å². The zero-order chi connectivity index (χ0) is 19.2. The molecule has 27 heavy (non-hydrogen) atoms. The molecule has 0 spiro atoms. The summed E-state index contributed by atoms with van der Waals surface area (Å²) in [7, 11) is 0. The van der Waals surface area contributed by atoms with Gasteiger partial charge in [0.1, 0.15) is 0 Å². The molecule has 3 N–H and O–H groups in total. The summed E-state index contributed by atoms with van der Waals surface area (Å²) >= 11 is 0. The monoisotopic (exact) mass is 366 g/mol. The molecule has 3 aromatic rings. The Bertz CT molecular complexity index is 968. The predicted molar refractivity (Wildman–Crippen MR) is 97.9 cm³/mol. The minimum absolute atomic E-state index is 0.0670. The van der Waals surface area contributed by atoms with Crippen molar-refractivity contribution >= 4 is 28.8 Å². The van der Waals surface area contributed by atoms with Gasteiger partial charge < -0.3 is 10.1 Å². The zero-order valence-corrected chi connectivity index (χ0v) is 14.6. The maximum absolute atomic E-state index is 12.6. The summed E-state index contributed by atoms with van der Waals surface area (Å²) in [5, 5.41) is 11.9. The van der Waals surface area contributed by atoms with Crippen LogP contribution in [0.15, 0.2) is 54.6 Å². The van der Waals surface area contributed by atoms with Crippen LogP contribution in [0.25, 0.3) is 10.9 Å². The molecule has 0 saturated carbocycles. The van der Waals surface area contributed by atoms with E-state index in [-0.39, 0.29) is 5.69 Å². The van der Waals surface area contributed by atoms with Crippen LogP contribution in [-0.2, 0) is 9.53 Å². The largest absolute Gasteiger partial charge is 0.442 e. The van der Waals surface area contributed by atoms with Crippen molar-refractivity contribution in [3.8, 4) is 0 Å². The Kier molecular flexibility index (Phi) is 5.46. The second-order valence-electron chi connectivity index (χ2n) is 5.66. The van der Waals surface area contributed by atoms with Crippen molar-refractivity contribution in [3.63, 3.8) is 0 Å². The highest BCUT2D eigenvalue weighted by Gasteiger charge is 2.28. The topological polar surface area (TPSA) is 113 Å². The molecular weight excluding hydrogens is 348 g/mol. The number of nitrogens with one attached hydrogen (secondary N) is 3. The van der Waals surface area contributed by atoms with Crippen molar-refractivity contribution < 1.29 is 19.1 Å². The number of fused-ring (bicyclic) bond motifs is 1. The fraction of sp³-hybridized carbons (Fsp3) is 0.158. The number of carbonyl (C=O) groups is 3. The molecule has 8 nitrogen and oxygen atoms in total. The van der Waals surface area contributed by atoms with E-state index < -0.39 is 24.0 Å². The summed E-state index contributed by atoms with van der Waals surface area (Å²) in [5.41, 5.74) is 1.18. The first-order chi connectivity index (χ1) is 13.1. The van der Waals surface area contributed by atoms with E-state index >= 15 is 0 Å². The first-order valence-electron chi connectivity index (χ1n) is 8.38. The normalized spacial score (nSPS) is 11.6. The van der Waals surface area contributed by atoms with Gasteiger partial charge in [0.05, 0.1) is 5.52 Å². The van der Waals surface area contributed by atoms with Crippen LogP contribution in [0.5, 0.6) is 0 Å². The number of aromatic nitrogens is 2. The Morgan fingerprint density at radius 3 is 2.52 bits per heavy atom. The summed E-state index contributed by atoms with van der Waals surface area (Å²) in [4.78, 5) is 36.8. The van der Waals surface area contributed by atoms with Gasteiger partial charge in [0.2, 0.25) is 6.10 Å². The second kappa shape index (κ2) is 8.13. The predicted octanol–water partition coefficient (Wildman–Crippen LogP) is 2.31. The minimum Gasteiger partial charge on any atom is -0.442 e. The third kappa shape index (κ3) is 4.12. The van der Waals surface area contributed by atoms with Crippen molar-refractivity contribution in [2.45, 2.75) is 13.0 Å². The highest BCUT2D eigenvalue weighted by Crippen LogP contribution is 2.22. The lowest BCUT2D eigenvalue weighted by atomic mass is 10.1. The molecule has 3 rings (SSSR count). The van der Waals surface area contributed by atoms with Gasteiger partial charge in [-0.25, -0.2) is 9.59 Å². The molecule has 0 fully saturated rings. The molecule has 0 saturated heterocycles. The SMILES string of the molecule is CCNC(=O)NC(=O)[C@@H](OC(=O)c1n[nH]c2ccccc12)c1ccccc1. The van der Waals surface area contributed by atoms with Gasteiger partial charge in [0.25, 0.3) is 5.91 Å². The molecule has 1 atom stereocenters. The standard InChI is InChI=1S/C19H18N4O4/c1-2-20-19(26)21-17(24)16(12-8-4-3-5-9-12)27-18(25)15-13-10-6-7-11-14(13)22-23-15/h3-11,16H,2H2,1H3,(H,22,23)(H2,20,21,24,26)/t16-/m0/s1. The van der Waals surface area contributed by atoms with E-state index in [0.29, 0.717) is 23.0 Å². The minimum atomic E-state index is -1.29. The van der Waals surface area contributed by atoms with E-state index in [1.807, 2.05) is 6.07 Å². The lowest BCUT2D eigenvalue weighted by molar-refractivity contribution is -0.129. The number of benzene rings is 2. The molecule has 1 heterocycles. The number of carbonyl (C=O) groups excluding carboxylic acids is 3. The molecule has 138 valence electrons. The number of rotatable bonds is 5. The van der Waals surface area contributed by atoms with Gasteiger partial charge in [-0.1, -0.05) is 48.5 Å². The number of amides is 3. The van der Waals surface area contributed by atoms with Gasteiger partial charge in [0.15, 0.2) is 5.69 Å². The Balaban J connectivity index is 1.86. The van der Waals surface area contributed by atoms with Gasteiger partial charge in [-0.2, -0.15) is 5.10 Å². The Hall–Kier alpha value is -3.68. The molecule has 2 aromatic carbocycles. The average Bonchev–Trinajstić information content (AvgIpc) is 3.11. The molecular formula is C19H18N4O4. The first-order valence-corrected chi connectivity index (χ1v) is 8.38. The maximum Gasteiger partial charge on any atom is 0.360 e. The smallest absolute Gasteiger partial charge is 0.360 e. The number of para-hydroxylation sites is 1. The zero-order valence-electron chi connectivity index (χ0n) is 14.6. The van der Waals surface area contributed by atoms with Crippen LogP contribution in [-0.4, -0.2) is 34.6 Å². The first kappa shape index (κ1) is 18.1. The van der Waals surface area contributed by atoms with Crippen molar-refractivity contribution in [2.24, 2.45) is 0 Å². The van der Waals surface area contributed by atoms with Crippen LogP contribution in [0.2, 0.25) is 0 Å². The van der Waals surface area contributed by atoms with E-state index in [9.17, 15) is 14.4 Å². The highest BCUT2D eigenvalue weighted by atomic mass is 16.5. The highest BCUT2D eigenvalue weighted by molar-refractivity contribution is 6.03. The quantitative estimate of drug-likeness (QED) is 0.600. The fourth-order valence-electron chi connectivity index (χ4n) is 2.56. The van der Waals surface area contributed by atoms with E-state index in [1.165, 1.54) is 0 Å². The van der Waals surface area contributed by atoms with Crippen LogP contribution in [0.4, 0.5) is 4.79 Å². The number of aromatic amines is 1. The number of hydrogen-bond acceptors (Lipinski definition) is 5. The van der Waals surface area contributed by atoms with Crippen molar-refractivity contribution in [1.29, 1.82) is 0 Å². The summed E-state index contributed by atoms with van der Waals surface area (Å²) in [6.07, 6.45) is -1.29. The third-order valence-electron chi connectivity index (χ3n) is 3.80. The van der Waals surface area contributed by atoms with Gasteiger partial charge in [0, 0.05) is 17.5 Å². The maximum atomic E-state index is 12.6. The lowest BCUT2D eigenvalue weighted by Gasteiger charge is -2.17. The summed E-state index contributed by atoms with van der Waals surface area (Å²) < 4.78 is 5.42. The molecule has 3 amide bonds. The molecule has 8 heteroatoms. The van der Waals surface area contributed by atoms with Crippen molar-refractivity contribution in [3.05, 3.63) is 65.9 Å². The fourth-order valence-corrected chi connectivity index (χ4v) is 2.56. The summed E-state index contributed by atoms with van der Waals surface area (Å²) in [6, 6.07) is 14.9. The molecule has 0 radical (unpaired) electrons. The molecule has 0 bridgehead atoms. The third-order valence-corrected chi connectivity index (χ3v) is 3.80. The molecule has 0 unspecified atom stereocenters. The Morgan fingerprint density at radius 2 is 1.78 bits per heavy atom.